The van der Waals surface area contributed by atoms with Gasteiger partial charge in [0.05, 0.1) is 37.2 Å². The van der Waals surface area contributed by atoms with Crippen LogP contribution in [0.5, 0.6) is 0 Å². The number of aromatic nitrogens is 5. The summed E-state index contributed by atoms with van der Waals surface area (Å²) in [6, 6.07) is 5.41. The Kier molecular flexibility index (Phi) is 8.15. The van der Waals surface area contributed by atoms with Crippen molar-refractivity contribution >= 4 is 34.4 Å². The second-order valence-electron chi connectivity index (χ2n) is 9.68. The van der Waals surface area contributed by atoms with E-state index in [2.05, 4.69) is 10.00 Å². The van der Waals surface area contributed by atoms with Crippen molar-refractivity contribution in [2.45, 2.75) is 46.5 Å². The molecule has 0 aliphatic rings. The number of halogens is 1. The number of hydrogen-bond acceptors (Lipinski definition) is 7. The fourth-order valence-electron chi connectivity index (χ4n) is 5.17. The molecule has 0 atom stereocenters. The van der Waals surface area contributed by atoms with Gasteiger partial charge < -0.3 is 19.5 Å². The van der Waals surface area contributed by atoms with Crippen molar-refractivity contribution in [2.24, 2.45) is 14.1 Å². The van der Waals surface area contributed by atoms with Crippen LogP contribution in [0.15, 0.2) is 18.2 Å². The standard InChI is InChI=1S/C27H33ClN6O5/c1-15-23-21(34(26(15)27(37)38)10-9-22(36)39-6)8-7-19(28)25(23)24-16(2)32(4)30-20(24)13-31(3)12-17-11-18(14-35)33(5)29-17/h7-8,11,35H,9-10,12-14H2,1-6H3,(H,37,38). The summed E-state index contributed by atoms with van der Waals surface area (Å²) in [6.45, 7) is 4.79. The van der Waals surface area contributed by atoms with Gasteiger partial charge in [0.15, 0.2) is 0 Å². The summed E-state index contributed by atoms with van der Waals surface area (Å²) in [7, 11) is 6.92. The van der Waals surface area contributed by atoms with E-state index in [0.29, 0.717) is 40.1 Å². The van der Waals surface area contributed by atoms with E-state index in [9.17, 15) is 19.8 Å². The molecule has 0 radical (unpaired) electrons. The number of carboxylic acid groups (broad SMARTS) is 1. The van der Waals surface area contributed by atoms with E-state index in [1.807, 2.05) is 27.1 Å². The van der Waals surface area contributed by atoms with Crippen molar-refractivity contribution in [3.05, 3.63) is 57.3 Å². The number of aliphatic hydroxyl groups excluding tert-OH is 1. The van der Waals surface area contributed by atoms with E-state index in [4.69, 9.17) is 21.4 Å². The molecule has 0 saturated heterocycles. The van der Waals surface area contributed by atoms with Gasteiger partial charge in [-0.05, 0) is 44.7 Å². The molecule has 4 rings (SSSR count). The molecular formula is C27H33ClN6O5. The fraction of sp³-hybridized carbons (Fsp3) is 0.407. The Morgan fingerprint density at radius 3 is 2.44 bits per heavy atom. The molecule has 0 saturated carbocycles. The summed E-state index contributed by atoms with van der Waals surface area (Å²) in [4.78, 5) is 26.3. The number of hydrogen-bond donors (Lipinski definition) is 2. The number of ether oxygens (including phenoxy) is 1. The van der Waals surface area contributed by atoms with Crippen molar-refractivity contribution in [1.82, 2.24) is 29.0 Å². The maximum absolute atomic E-state index is 12.3. The monoisotopic (exact) mass is 556 g/mol. The number of aliphatic hydroxyl groups is 1. The van der Waals surface area contributed by atoms with E-state index in [1.165, 1.54) is 7.11 Å². The van der Waals surface area contributed by atoms with Crippen LogP contribution in [0.1, 0.15) is 45.2 Å². The van der Waals surface area contributed by atoms with Crippen molar-refractivity contribution < 1.29 is 24.5 Å². The third-order valence-electron chi connectivity index (χ3n) is 7.09. The highest BCUT2D eigenvalue weighted by molar-refractivity contribution is 6.35. The van der Waals surface area contributed by atoms with Crippen LogP contribution < -0.4 is 0 Å². The highest BCUT2D eigenvalue weighted by atomic mass is 35.5. The number of methoxy groups -OCH3 is 1. The Bertz CT molecular complexity index is 1570. The first kappa shape index (κ1) is 28.3. The second kappa shape index (κ2) is 11.2. The lowest BCUT2D eigenvalue weighted by molar-refractivity contribution is -0.140. The van der Waals surface area contributed by atoms with E-state index in [0.717, 1.165) is 28.3 Å². The first-order chi connectivity index (χ1) is 18.5. The third kappa shape index (κ3) is 5.29. The number of carboxylic acids is 1. The number of fused-ring (bicyclic) bond motifs is 1. The number of nitrogens with zero attached hydrogens (tertiary/aromatic N) is 6. The minimum Gasteiger partial charge on any atom is -0.477 e. The summed E-state index contributed by atoms with van der Waals surface area (Å²) < 4.78 is 9.87. The van der Waals surface area contributed by atoms with Gasteiger partial charge in [-0.3, -0.25) is 19.1 Å². The molecular weight excluding hydrogens is 524 g/mol. The summed E-state index contributed by atoms with van der Waals surface area (Å²) in [6.07, 6.45) is 0.0332. The van der Waals surface area contributed by atoms with E-state index in [-0.39, 0.29) is 25.3 Å². The van der Waals surface area contributed by atoms with Crippen molar-refractivity contribution in [1.29, 1.82) is 0 Å². The minimum absolute atomic E-state index is 0.0332. The lowest BCUT2D eigenvalue weighted by atomic mass is 9.96. The summed E-state index contributed by atoms with van der Waals surface area (Å²) in [5.74, 6) is -1.51. The van der Waals surface area contributed by atoms with Crippen LogP contribution in [0, 0.1) is 13.8 Å². The molecule has 208 valence electrons. The maximum atomic E-state index is 12.3. The third-order valence-corrected chi connectivity index (χ3v) is 7.41. The number of rotatable bonds is 10. The minimum atomic E-state index is -1.09. The van der Waals surface area contributed by atoms with Gasteiger partial charge in [-0.25, -0.2) is 4.79 Å². The lowest BCUT2D eigenvalue weighted by Gasteiger charge is -2.16. The molecule has 39 heavy (non-hydrogen) atoms. The van der Waals surface area contributed by atoms with E-state index in [1.54, 1.807) is 40.0 Å². The van der Waals surface area contributed by atoms with Crippen LogP contribution >= 0.6 is 11.6 Å². The normalized spacial score (nSPS) is 11.6. The quantitative estimate of drug-likeness (QED) is 0.284. The molecule has 0 aliphatic carbocycles. The predicted molar refractivity (Wildman–Crippen MR) is 147 cm³/mol. The van der Waals surface area contributed by atoms with E-state index < -0.39 is 11.9 Å². The number of carbonyl (C=O) groups is 2. The molecule has 0 fully saturated rings. The Labute approximate surface area is 231 Å². The average Bonchev–Trinajstić information content (AvgIpc) is 3.47. The highest BCUT2D eigenvalue weighted by Crippen LogP contribution is 2.42. The van der Waals surface area contributed by atoms with E-state index >= 15 is 0 Å². The van der Waals surface area contributed by atoms with Gasteiger partial charge in [-0.15, -0.1) is 0 Å². The number of esters is 1. The molecule has 2 N–H and O–H groups in total. The van der Waals surface area contributed by atoms with Crippen LogP contribution in [0.2, 0.25) is 5.02 Å². The first-order valence-corrected chi connectivity index (χ1v) is 12.8. The second-order valence-corrected chi connectivity index (χ2v) is 10.1. The topological polar surface area (TPSA) is 128 Å². The smallest absolute Gasteiger partial charge is 0.352 e. The highest BCUT2D eigenvalue weighted by Gasteiger charge is 2.27. The summed E-state index contributed by atoms with van der Waals surface area (Å²) in [5, 5.41) is 30.0. The molecule has 3 aromatic heterocycles. The molecule has 0 unspecified atom stereocenters. The van der Waals surface area contributed by atoms with Crippen LogP contribution in [0.25, 0.3) is 22.0 Å². The van der Waals surface area contributed by atoms with Gasteiger partial charge in [0.2, 0.25) is 0 Å². The zero-order chi connectivity index (χ0) is 28.6. The zero-order valence-corrected chi connectivity index (χ0v) is 23.7. The van der Waals surface area contributed by atoms with Gasteiger partial charge in [0, 0.05) is 66.5 Å². The number of aromatic carboxylic acids is 1. The van der Waals surface area contributed by atoms with Crippen LogP contribution in [-0.2, 0) is 49.9 Å². The van der Waals surface area contributed by atoms with Gasteiger partial charge in [0.25, 0.3) is 0 Å². The molecule has 1 aromatic carbocycles. The largest absolute Gasteiger partial charge is 0.477 e. The van der Waals surface area contributed by atoms with Gasteiger partial charge in [-0.1, -0.05) is 11.6 Å². The Morgan fingerprint density at radius 1 is 1.10 bits per heavy atom. The number of aryl methyl sites for hydroxylation is 4. The molecule has 0 bridgehead atoms. The molecule has 0 amide bonds. The van der Waals surface area contributed by atoms with Crippen LogP contribution in [0.3, 0.4) is 0 Å². The van der Waals surface area contributed by atoms with Crippen molar-refractivity contribution in [2.75, 3.05) is 14.2 Å². The van der Waals surface area contributed by atoms with Gasteiger partial charge >= 0.3 is 11.9 Å². The number of benzene rings is 1. The Morgan fingerprint density at radius 2 is 1.82 bits per heavy atom. The molecule has 0 aliphatic heterocycles. The fourth-order valence-corrected chi connectivity index (χ4v) is 5.42. The Hall–Kier alpha value is -3.67. The number of carbonyl (C=O) groups excluding carboxylic acids is 1. The summed E-state index contributed by atoms with van der Waals surface area (Å²) >= 11 is 6.84. The molecule has 3 heterocycles. The maximum Gasteiger partial charge on any atom is 0.352 e. The summed E-state index contributed by atoms with van der Waals surface area (Å²) in [5.41, 5.74) is 6.09. The van der Waals surface area contributed by atoms with Crippen LogP contribution in [0.4, 0.5) is 0 Å². The molecule has 11 nitrogen and oxygen atoms in total. The predicted octanol–water partition coefficient (Wildman–Crippen LogP) is 3.43. The molecule has 12 heteroatoms. The first-order valence-electron chi connectivity index (χ1n) is 12.4. The zero-order valence-electron chi connectivity index (χ0n) is 22.9. The van der Waals surface area contributed by atoms with Gasteiger partial charge in [-0.2, -0.15) is 10.2 Å². The van der Waals surface area contributed by atoms with Crippen molar-refractivity contribution in [3.8, 4) is 11.1 Å². The Balaban J connectivity index is 1.83. The van der Waals surface area contributed by atoms with Crippen LogP contribution in [-0.4, -0.2) is 65.3 Å². The van der Waals surface area contributed by atoms with Crippen molar-refractivity contribution in [3.63, 3.8) is 0 Å². The van der Waals surface area contributed by atoms with Gasteiger partial charge in [0.1, 0.15) is 5.69 Å². The SMILES string of the molecule is COC(=O)CCn1c(C(=O)O)c(C)c2c(-c3c(CN(C)Cc4cc(CO)n(C)n4)nn(C)c3C)c(Cl)ccc21. The molecule has 0 spiro atoms. The molecule has 4 aromatic rings. The average molecular weight is 557 g/mol. The lowest BCUT2D eigenvalue weighted by Crippen LogP contribution is -2.18.